The van der Waals surface area contributed by atoms with Crippen molar-refractivity contribution in [3.8, 4) is 0 Å². The number of rotatable bonds is 4. The molecule has 1 N–H and O–H groups in total. The van der Waals surface area contributed by atoms with E-state index in [0.29, 0.717) is 25.7 Å². The lowest BCUT2D eigenvalue weighted by Gasteiger charge is -2.35. The summed E-state index contributed by atoms with van der Waals surface area (Å²) in [6.45, 7) is 5.12. The fourth-order valence-corrected chi connectivity index (χ4v) is 3.90. The van der Waals surface area contributed by atoms with E-state index in [1.54, 1.807) is 12.1 Å². The first-order chi connectivity index (χ1) is 11.5. The third-order valence-corrected chi connectivity index (χ3v) is 5.58. The lowest BCUT2D eigenvalue weighted by molar-refractivity contribution is -0.134. The average Bonchev–Trinajstić information content (AvgIpc) is 3.00. The number of nitrogens with zero attached hydrogens (tertiary/aromatic N) is 2. The molecule has 3 rings (SSSR count). The lowest BCUT2D eigenvalue weighted by atomic mass is 9.87. The number of aliphatic hydroxyl groups is 1. The van der Waals surface area contributed by atoms with Gasteiger partial charge in [-0.3, -0.25) is 9.69 Å². The van der Waals surface area contributed by atoms with Gasteiger partial charge in [0.1, 0.15) is 5.82 Å². The molecule has 2 aliphatic heterocycles. The Morgan fingerprint density at radius 1 is 1.21 bits per heavy atom. The van der Waals surface area contributed by atoms with Gasteiger partial charge in [-0.15, -0.1) is 0 Å². The number of carbonyl (C=O) groups is 1. The summed E-state index contributed by atoms with van der Waals surface area (Å²) in [5, 5.41) is 10.5. The van der Waals surface area contributed by atoms with Crippen molar-refractivity contribution in [2.45, 2.75) is 44.8 Å². The maximum atomic E-state index is 13.0. The van der Waals surface area contributed by atoms with Crippen LogP contribution in [0.5, 0.6) is 0 Å². The number of benzene rings is 1. The molecule has 0 aromatic heterocycles. The van der Waals surface area contributed by atoms with E-state index >= 15 is 0 Å². The zero-order valence-corrected chi connectivity index (χ0v) is 14.3. The summed E-state index contributed by atoms with van der Waals surface area (Å²) in [5.74, 6) is 0.0474. The van der Waals surface area contributed by atoms with Gasteiger partial charge < -0.3 is 10.0 Å². The molecule has 5 heteroatoms. The third kappa shape index (κ3) is 3.95. The van der Waals surface area contributed by atoms with Gasteiger partial charge in [0.25, 0.3) is 0 Å². The largest absolute Gasteiger partial charge is 0.388 e. The van der Waals surface area contributed by atoms with Crippen LogP contribution < -0.4 is 0 Å². The first-order valence-electron chi connectivity index (χ1n) is 9.00. The van der Waals surface area contributed by atoms with Crippen molar-refractivity contribution in [3.05, 3.63) is 35.6 Å². The first kappa shape index (κ1) is 17.4. The highest BCUT2D eigenvalue weighted by Crippen LogP contribution is 2.31. The topological polar surface area (TPSA) is 43.8 Å². The maximum Gasteiger partial charge on any atom is 0.236 e. The Morgan fingerprint density at radius 2 is 1.88 bits per heavy atom. The highest BCUT2D eigenvalue weighted by molar-refractivity contribution is 5.78. The van der Waals surface area contributed by atoms with Crippen LogP contribution in [0.4, 0.5) is 4.39 Å². The van der Waals surface area contributed by atoms with Gasteiger partial charge in [-0.25, -0.2) is 4.39 Å². The third-order valence-electron chi connectivity index (χ3n) is 5.58. The van der Waals surface area contributed by atoms with Crippen molar-refractivity contribution in [3.63, 3.8) is 0 Å². The quantitative estimate of drug-likeness (QED) is 0.920. The van der Waals surface area contributed by atoms with Crippen molar-refractivity contribution in [2.24, 2.45) is 5.92 Å². The fraction of sp³-hybridized carbons (Fsp3) is 0.632. The van der Waals surface area contributed by atoms with E-state index < -0.39 is 6.10 Å². The van der Waals surface area contributed by atoms with Crippen molar-refractivity contribution in [2.75, 3.05) is 26.2 Å². The van der Waals surface area contributed by atoms with Crippen LogP contribution in [-0.2, 0) is 4.79 Å². The molecule has 24 heavy (non-hydrogen) atoms. The minimum atomic E-state index is -0.582. The van der Waals surface area contributed by atoms with E-state index in [4.69, 9.17) is 0 Å². The minimum Gasteiger partial charge on any atom is -0.388 e. The molecule has 2 unspecified atom stereocenters. The Hall–Kier alpha value is -1.46. The van der Waals surface area contributed by atoms with Crippen LogP contribution in [0.2, 0.25) is 0 Å². The number of aliphatic hydroxyl groups excluding tert-OH is 1. The number of hydrogen-bond acceptors (Lipinski definition) is 3. The van der Waals surface area contributed by atoms with Crippen molar-refractivity contribution >= 4 is 5.91 Å². The molecule has 0 radical (unpaired) electrons. The zero-order valence-electron chi connectivity index (χ0n) is 14.3. The van der Waals surface area contributed by atoms with E-state index in [-0.39, 0.29) is 17.6 Å². The van der Waals surface area contributed by atoms with E-state index in [1.807, 2.05) is 4.90 Å². The maximum absolute atomic E-state index is 13.0. The first-order valence-corrected chi connectivity index (χ1v) is 9.00. The molecule has 2 fully saturated rings. The van der Waals surface area contributed by atoms with E-state index in [9.17, 15) is 14.3 Å². The Balaban J connectivity index is 1.49. The normalized spacial score (nSPS) is 24.3. The predicted octanol–water partition coefficient (Wildman–Crippen LogP) is 2.58. The molecular formula is C19H27FN2O2. The summed E-state index contributed by atoms with van der Waals surface area (Å²) in [4.78, 5) is 16.7. The van der Waals surface area contributed by atoms with E-state index in [2.05, 4.69) is 11.8 Å². The second-order valence-electron chi connectivity index (χ2n) is 7.18. The van der Waals surface area contributed by atoms with Crippen LogP contribution in [0.1, 0.15) is 44.3 Å². The Kier molecular flexibility index (Phi) is 5.51. The highest BCUT2D eigenvalue weighted by Gasteiger charge is 2.30. The van der Waals surface area contributed by atoms with Crippen LogP contribution in [0.15, 0.2) is 24.3 Å². The second kappa shape index (κ2) is 7.62. The van der Waals surface area contributed by atoms with Gasteiger partial charge in [0.15, 0.2) is 0 Å². The van der Waals surface area contributed by atoms with Crippen LogP contribution >= 0.6 is 0 Å². The molecule has 132 valence electrons. The van der Waals surface area contributed by atoms with E-state index in [0.717, 1.165) is 24.9 Å². The van der Waals surface area contributed by atoms with Gasteiger partial charge in [0, 0.05) is 19.1 Å². The van der Waals surface area contributed by atoms with Crippen LogP contribution in [0.3, 0.4) is 0 Å². The summed E-state index contributed by atoms with van der Waals surface area (Å²) in [5.41, 5.74) is 0.757. The summed E-state index contributed by atoms with van der Waals surface area (Å²) < 4.78 is 13.0. The summed E-state index contributed by atoms with van der Waals surface area (Å²) in [6, 6.07) is 6.56. The van der Waals surface area contributed by atoms with Gasteiger partial charge >= 0.3 is 0 Å². The number of likely N-dealkylation sites (tertiary alicyclic amines) is 2. The van der Waals surface area contributed by atoms with Gasteiger partial charge in [-0.05, 0) is 62.8 Å². The van der Waals surface area contributed by atoms with Gasteiger partial charge in [-0.1, -0.05) is 12.1 Å². The molecule has 1 aromatic carbocycles. The van der Waals surface area contributed by atoms with Gasteiger partial charge in [0.05, 0.1) is 12.6 Å². The monoisotopic (exact) mass is 334 g/mol. The SMILES string of the molecule is CC1CCCN1CC(=O)N1CCC(C(O)c2ccc(F)cc2)CC1. The van der Waals surface area contributed by atoms with Crippen molar-refractivity contribution < 1.29 is 14.3 Å². The molecule has 1 aromatic rings. The fourth-order valence-electron chi connectivity index (χ4n) is 3.90. The predicted molar refractivity (Wildman–Crippen MR) is 90.9 cm³/mol. The molecule has 0 aliphatic carbocycles. The van der Waals surface area contributed by atoms with E-state index in [1.165, 1.54) is 25.0 Å². The van der Waals surface area contributed by atoms with Gasteiger partial charge in [-0.2, -0.15) is 0 Å². The Morgan fingerprint density at radius 3 is 2.46 bits per heavy atom. The Bertz CT molecular complexity index is 555. The smallest absolute Gasteiger partial charge is 0.236 e. The lowest BCUT2D eigenvalue weighted by Crippen LogP contribution is -2.45. The molecule has 1 amide bonds. The summed E-state index contributed by atoms with van der Waals surface area (Å²) in [7, 11) is 0. The van der Waals surface area contributed by atoms with Crippen LogP contribution in [-0.4, -0.2) is 53.0 Å². The number of piperidine rings is 1. The number of halogens is 1. The van der Waals surface area contributed by atoms with Crippen molar-refractivity contribution in [1.29, 1.82) is 0 Å². The molecule has 0 spiro atoms. The summed E-state index contributed by atoms with van der Waals surface area (Å²) >= 11 is 0. The highest BCUT2D eigenvalue weighted by atomic mass is 19.1. The molecule has 0 saturated carbocycles. The molecule has 4 nitrogen and oxygen atoms in total. The standard InChI is InChI=1S/C19H27FN2O2/c1-14-3-2-10-22(14)13-18(23)21-11-8-16(9-12-21)19(24)15-4-6-17(20)7-5-15/h4-7,14,16,19,24H,2-3,8-13H2,1H3. The molecule has 2 aliphatic rings. The number of carbonyl (C=O) groups excluding carboxylic acids is 1. The average molecular weight is 334 g/mol. The molecule has 0 bridgehead atoms. The van der Waals surface area contributed by atoms with Gasteiger partial charge in [0.2, 0.25) is 5.91 Å². The van der Waals surface area contributed by atoms with Crippen LogP contribution in [0, 0.1) is 11.7 Å². The molecular weight excluding hydrogens is 307 g/mol. The Labute approximate surface area is 143 Å². The number of amides is 1. The molecule has 2 atom stereocenters. The summed E-state index contributed by atoms with van der Waals surface area (Å²) in [6.07, 6.45) is 3.36. The van der Waals surface area contributed by atoms with Crippen molar-refractivity contribution in [1.82, 2.24) is 9.80 Å². The van der Waals surface area contributed by atoms with Crippen LogP contribution in [0.25, 0.3) is 0 Å². The second-order valence-corrected chi connectivity index (χ2v) is 7.18. The molecule has 2 saturated heterocycles. The molecule has 2 heterocycles. The number of hydrogen-bond donors (Lipinski definition) is 1. The minimum absolute atomic E-state index is 0.130. The zero-order chi connectivity index (χ0) is 17.1.